The second-order valence-corrected chi connectivity index (χ2v) is 5.79. The van der Waals surface area contributed by atoms with Gasteiger partial charge >= 0.3 is 5.69 Å². The van der Waals surface area contributed by atoms with Crippen molar-refractivity contribution in [1.82, 2.24) is 9.97 Å². The summed E-state index contributed by atoms with van der Waals surface area (Å²) in [6.45, 7) is 3.23. The fourth-order valence-corrected chi connectivity index (χ4v) is 2.73. The molecule has 0 saturated heterocycles. The molecule has 3 N–H and O–H groups in total. The van der Waals surface area contributed by atoms with E-state index in [0.29, 0.717) is 13.2 Å². The van der Waals surface area contributed by atoms with Gasteiger partial charge in [-0.15, -0.1) is 12.4 Å². The van der Waals surface area contributed by atoms with Crippen LogP contribution in [0.3, 0.4) is 0 Å². The molecule has 2 aromatic carbocycles. The molecule has 3 aromatic rings. The highest BCUT2D eigenvalue weighted by molar-refractivity contribution is 9.10. The maximum atomic E-state index is 11.3. The van der Waals surface area contributed by atoms with Crippen LogP contribution in [0.25, 0.3) is 11.0 Å². The second-order valence-electron chi connectivity index (χ2n) is 4.88. The number of halogens is 2. The molecule has 0 fully saturated rings. The topological polar surface area (TPSA) is 69.9 Å². The van der Waals surface area contributed by atoms with Gasteiger partial charge in [-0.2, -0.15) is 0 Å². The van der Waals surface area contributed by atoms with Crippen LogP contribution >= 0.6 is 28.3 Å². The zero-order valence-corrected chi connectivity index (χ0v) is 14.9. The summed E-state index contributed by atoms with van der Waals surface area (Å²) in [5.74, 6) is 0.870. The van der Waals surface area contributed by atoms with Crippen LogP contribution in [0.1, 0.15) is 12.5 Å². The van der Waals surface area contributed by atoms with Crippen molar-refractivity contribution in [3.63, 3.8) is 0 Å². The molecule has 0 bridgehead atoms. The number of aromatic amines is 2. The molecule has 0 saturated carbocycles. The normalized spacial score (nSPS) is 10.3. The molecule has 0 aliphatic carbocycles. The van der Waals surface area contributed by atoms with E-state index in [1.54, 1.807) is 0 Å². The molecule has 7 heteroatoms. The number of fused-ring (bicyclic) bond motifs is 1. The Morgan fingerprint density at radius 3 is 2.70 bits per heavy atom. The molecule has 0 unspecified atom stereocenters. The van der Waals surface area contributed by atoms with Gasteiger partial charge in [0.15, 0.2) is 0 Å². The van der Waals surface area contributed by atoms with Gasteiger partial charge < -0.3 is 20.0 Å². The summed E-state index contributed by atoms with van der Waals surface area (Å²) in [6.07, 6.45) is 0. The van der Waals surface area contributed by atoms with Crippen LogP contribution in [-0.2, 0) is 6.54 Å². The lowest BCUT2D eigenvalue weighted by atomic mass is 10.2. The van der Waals surface area contributed by atoms with Gasteiger partial charge in [-0.3, -0.25) is 0 Å². The van der Waals surface area contributed by atoms with E-state index in [9.17, 15) is 4.79 Å². The predicted molar refractivity (Wildman–Crippen MR) is 98.8 cm³/mol. The van der Waals surface area contributed by atoms with E-state index in [0.717, 1.165) is 32.5 Å². The number of aromatic nitrogens is 2. The summed E-state index contributed by atoms with van der Waals surface area (Å²) in [4.78, 5) is 16.8. The number of rotatable bonds is 5. The summed E-state index contributed by atoms with van der Waals surface area (Å²) in [5.41, 5.74) is 3.39. The minimum atomic E-state index is -0.197. The molecule has 0 radical (unpaired) electrons. The lowest BCUT2D eigenvalue weighted by molar-refractivity contribution is 0.337. The molecule has 1 aromatic heterocycles. The molecule has 0 amide bonds. The lowest BCUT2D eigenvalue weighted by Crippen LogP contribution is -2.03. The molecular formula is C16H17BrClN3O2. The molecule has 0 aliphatic heterocycles. The van der Waals surface area contributed by atoms with E-state index < -0.39 is 0 Å². The number of ether oxygens (including phenoxy) is 1. The number of anilines is 1. The van der Waals surface area contributed by atoms with Crippen LogP contribution in [0.5, 0.6) is 5.75 Å². The van der Waals surface area contributed by atoms with E-state index in [-0.39, 0.29) is 18.1 Å². The van der Waals surface area contributed by atoms with E-state index >= 15 is 0 Å². The third kappa shape index (κ3) is 4.09. The van der Waals surface area contributed by atoms with Crippen molar-refractivity contribution in [1.29, 1.82) is 0 Å². The molecule has 1 heterocycles. The van der Waals surface area contributed by atoms with Gasteiger partial charge in [-0.1, -0.05) is 15.9 Å². The number of nitrogens with one attached hydrogen (secondary N) is 3. The van der Waals surface area contributed by atoms with Gasteiger partial charge in [0.25, 0.3) is 0 Å². The zero-order chi connectivity index (χ0) is 15.5. The first kappa shape index (κ1) is 17.4. The smallest absolute Gasteiger partial charge is 0.323 e. The standard InChI is InChI=1S/C16H16BrN3O2.ClH/c1-2-22-15-6-3-11(17)7-10(15)9-18-12-4-5-13-14(8-12)20-16(21)19-13;/h3-8,18H,2,9H2,1H3,(H2,19,20,21);1H. The molecule has 0 atom stereocenters. The molecule has 23 heavy (non-hydrogen) atoms. The SMILES string of the molecule is CCOc1ccc(Br)cc1CNc1ccc2[nH]c(=O)[nH]c2c1.Cl. The predicted octanol–water partition coefficient (Wildman–Crippen LogP) is 4.05. The quantitative estimate of drug-likeness (QED) is 0.607. The number of H-pyrrole nitrogens is 2. The highest BCUT2D eigenvalue weighted by Crippen LogP contribution is 2.24. The first-order valence-electron chi connectivity index (χ1n) is 7.03. The average Bonchev–Trinajstić information content (AvgIpc) is 2.87. The molecule has 5 nitrogen and oxygen atoms in total. The number of hydrogen-bond donors (Lipinski definition) is 3. The largest absolute Gasteiger partial charge is 0.494 e. The van der Waals surface area contributed by atoms with E-state index in [2.05, 4.69) is 31.2 Å². The van der Waals surface area contributed by atoms with Crippen molar-refractivity contribution in [2.24, 2.45) is 0 Å². The van der Waals surface area contributed by atoms with Gasteiger partial charge in [0.1, 0.15) is 5.75 Å². The van der Waals surface area contributed by atoms with Gasteiger partial charge in [0.2, 0.25) is 0 Å². The Balaban J connectivity index is 0.00000192. The Bertz CT molecular complexity index is 860. The average molecular weight is 399 g/mol. The maximum Gasteiger partial charge on any atom is 0.323 e. The minimum Gasteiger partial charge on any atom is -0.494 e. The van der Waals surface area contributed by atoms with Gasteiger partial charge in [-0.05, 0) is 43.3 Å². The minimum absolute atomic E-state index is 0. The summed E-state index contributed by atoms with van der Waals surface area (Å²) in [7, 11) is 0. The van der Waals surface area contributed by atoms with Gasteiger partial charge in [-0.25, -0.2) is 4.79 Å². The van der Waals surface area contributed by atoms with Crippen molar-refractivity contribution in [2.45, 2.75) is 13.5 Å². The Morgan fingerprint density at radius 2 is 1.91 bits per heavy atom. The second kappa shape index (κ2) is 7.57. The summed E-state index contributed by atoms with van der Waals surface area (Å²) in [6, 6.07) is 11.7. The molecule has 0 spiro atoms. The first-order valence-corrected chi connectivity index (χ1v) is 7.82. The molecule has 122 valence electrons. The maximum absolute atomic E-state index is 11.3. The van der Waals surface area contributed by atoms with E-state index in [1.807, 2.05) is 43.3 Å². The third-order valence-corrected chi connectivity index (χ3v) is 3.81. The van der Waals surface area contributed by atoms with Crippen molar-refractivity contribution in [2.75, 3.05) is 11.9 Å². The molecular weight excluding hydrogens is 382 g/mol. The van der Waals surface area contributed by atoms with Crippen LogP contribution in [0.2, 0.25) is 0 Å². The molecule has 3 rings (SSSR count). The highest BCUT2D eigenvalue weighted by atomic mass is 79.9. The van der Waals surface area contributed by atoms with E-state index in [1.165, 1.54) is 0 Å². The number of imidazole rings is 1. The Morgan fingerprint density at radius 1 is 1.13 bits per heavy atom. The van der Waals surface area contributed by atoms with Gasteiger partial charge in [0, 0.05) is 22.3 Å². The van der Waals surface area contributed by atoms with Crippen LogP contribution in [-0.4, -0.2) is 16.6 Å². The summed E-state index contributed by atoms with van der Waals surface area (Å²) < 4.78 is 6.65. The number of benzene rings is 2. The molecule has 0 aliphatic rings. The fourth-order valence-electron chi connectivity index (χ4n) is 2.32. The fraction of sp³-hybridized carbons (Fsp3) is 0.188. The van der Waals surface area contributed by atoms with Crippen molar-refractivity contribution < 1.29 is 4.74 Å². The monoisotopic (exact) mass is 397 g/mol. The first-order chi connectivity index (χ1) is 10.7. The van der Waals surface area contributed by atoms with Crippen LogP contribution in [0, 0.1) is 0 Å². The lowest BCUT2D eigenvalue weighted by Gasteiger charge is -2.12. The van der Waals surface area contributed by atoms with Crippen LogP contribution in [0.15, 0.2) is 45.7 Å². The van der Waals surface area contributed by atoms with Crippen molar-refractivity contribution in [3.8, 4) is 5.75 Å². The van der Waals surface area contributed by atoms with E-state index in [4.69, 9.17) is 4.74 Å². The van der Waals surface area contributed by atoms with Crippen LogP contribution in [0.4, 0.5) is 5.69 Å². The third-order valence-electron chi connectivity index (χ3n) is 3.32. The van der Waals surface area contributed by atoms with Crippen molar-refractivity contribution >= 4 is 45.1 Å². The van der Waals surface area contributed by atoms with Crippen molar-refractivity contribution in [3.05, 3.63) is 56.9 Å². The highest BCUT2D eigenvalue weighted by Gasteiger charge is 2.05. The van der Waals surface area contributed by atoms with Gasteiger partial charge in [0.05, 0.1) is 17.6 Å². The summed E-state index contributed by atoms with van der Waals surface area (Å²) >= 11 is 3.48. The summed E-state index contributed by atoms with van der Waals surface area (Å²) in [5, 5.41) is 3.35. The Kier molecular flexibility index (Phi) is 5.74. The number of hydrogen-bond acceptors (Lipinski definition) is 3. The van der Waals surface area contributed by atoms with Crippen LogP contribution < -0.4 is 15.7 Å². The Labute approximate surface area is 148 Å². The zero-order valence-electron chi connectivity index (χ0n) is 12.5. The Hall–Kier alpha value is -1.92.